The van der Waals surface area contributed by atoms with E-state index in [1.165, 1.54) is 6.07 Å². The Balaban J connectivity index is 1.71. The number of carbonyl (C=O) groups excluding carboxylic acids is 1. The zero-order chi connectivity index (χ0) is 20.1. The fourth-order valence-corrected chi connectivity index (χ4v) is 2.82. The Labute approximate surface area is 166 Å². The first-order chi connectivity index (χ1) is 13.4. The van der Waals surface area contributed by atoms with Gasteiger partial charge in [-0.25, -0.2) is 13.8 Å². The second-order valence-electron chi connectivity index (χ2n) is 6.19. The van der Waals surface area contributed by atoms with Gasteiger partial charge in [-0.05, 0) is 54.5 Å². The molecule has 0 spiro atoms. The summed E-state index contributed by atoms with van der Waals surface area (Å²) in [5.41, 5.74) is 2.47. The van der Waals surface area contributed by atoms with Gasteiger partial charge in [0.2, 0.25) is 5.91 Å². The summed E-state index contributed by atoms with van der Waals surface area (Å²) in [6.07, 6.45) is 3.92. The van der Waals surface area contributed by atoms with Gasteiger partial charge in [-0.15, -0.1) is 0 Å². The van der Waals surface area contributed by atoms with Gasteiger partial charge in [-0.2, -0.15) is 0 Å². The molecule has 1 aromatic heterocycles. The minimum atomic E-state index is -0.721. The summed E-state index contributed by atoms with van der Waals surface area (Å²) in [7, 11) is 0. The number of carbonyl (C=O) groups is 1. The van der Waals surface area contributed by atoms with Gasteiger partial charge in [-0.3, -0.25) is 4.79 Å². The Morgan fingerprint density at radius 2 is 1.79 bits per heavy atom. The lowest BCUT2D eigenvalue weighted by Gasteiger charge is -2.14. The van der Waals surface area contributed by atoms with Crippen LogP contribution in [0.4, 0.5) is 8.78 Å². The molecular formula is C22H17ClF2N2O. The van der Waals surface area contributed by atoms with Crippen LogP contribution in [0.2, 0.25) is 5.15 Å². The van der Waals surface area contributed by atoms with Crippen molar-refractivity contribution in [3.8, 4) is 11.1 Å². The molecule has 0 aliphatic rings. The molecule has 6 heteroatoms. The number of halogens is 3. The Morgan fingerprint density at radius 1 is 1.07 bits per heavy atom. The summed E-state index contributed by atoms with van der Waals surface area (Å²) in [5.74, 6) is -1.89. The van der Waals surface area contributed by atoms with Crippen LogP contribution in [-0.4, -0.2) is 10.9 Å². The maximum atomic E-state index is 13.6. The number of hydrogen-bond donors (Lipinski definition) is 1. The van der Waals surface area contributed by atoms with Crippen LogP contribution in [0.1, 0.15) is 24.1 Å². The van der Waals surface area contributed by atoms with Crippen LogP contribution < -0.4 is 5.32 Å². The first kappa shape index (κ1) is 19.7. The van der Waals surface area contributed by atoms with Crippen molar-refractivity contribution in [3.63, 3.8) is 0 Å². The molecular weight excluding hydrogens is 382 g/mol. The number of aromatic nitrogens is 1. The number of rotatable bonds is 5. The number of hydrogen-bond acceptors (Lipinski definition) is 2. The third kappa shape index (κ3) is 4.81. The first-order valence-corrected chi connectivity index (χ1v) is 8.96. The van der Waals surface area contributed by atoms with Crippen LogP contribution in [0.5, 0.6) is 0 Å². The highest BCUT2D eigenvalue weighted by Gasteiger charge is 2.10. The van der Waals surface area contributed by atoms with Crippen LogP contribution in [0.15, 0.2) is 66.9 Å². The van der Waals surface area contributed by atoms with Crippen LogP contribution in [0.25, 0.3) is 17.2 Å². The van der Waals surface area contributed by atoms with E-state index in [1.54, 1.807) is 12.3 Å². The van der Waals surface area contributed by atoms with E-state index in [1.807, 2.05) is 37.3 Å². The summed E-state index contributed by atoms with van der Waals surface area (Å²) in [4.78, 5) is 16.2. The summed E-state index contributed by atoms with van der Waals surface area (Å²) >= 11 is 5.82. The lowest BCUT2D eigenvalue weighted by molar-refractivity contribution is -0.117. The molecule has 1 unspecified atom stereocenters. The van der Waals surface area contributed by atoms with E-state index < -0.39 is 17.5 Å². The van der Waals surface area contributed by atoms with Crippen LogP contribution in [0, 0.1) is 11.6 Å². The predicted molar refractivity (Wildman–Crippen MR) is 107 cm³/mol. The average Bonchev–Trinajstić information content (AvgIpc) is 2.68. The fourth-order valence-electron chi connectivity index (χ4n) is 2.71. The van der Waals surface area contributed by atoms with Gasteiger partial charge in [0.15, 0.2) is 0 Å². The zero-order valence-corrected chi connectivity index (χ0v) is 15.8. The highest BCUT2D eigenvalue weighted by Crippen LogP contribution is 2.23. The minimum Gasteiger partial charge on any atom is -0.346 e. The van der Waals surface area contributed by atoms with Crippen LogP contribution in [0.3, 0.4) is 0 Å². The van der Waals surface area contributed by atoms with Crippen molar-refractivity contribution in [1.29, 1.82) is 0 Å². The maximum absolute atomic E-state index is 13.6. The molecule has 0 bridgehead atoms. The number of benzene rings is 2. The van der Waals surface area contributed by atoms with Gasteiger partial charge in [0.25, 0.3) is 0 Å². The molecule has 28 heavy (non-hydrogen) atoms. The van der Waals surface area contributed by atoms with E-state index >= 15 is 0 Å². The smallest absolute Gasteiger partial charge is 0.244 e. The summed E-state index contributed by atoms with van der Waals surface area (Å²) in [6.45, 7) is 1.83. The van der Waals surface area contributed by atoms with Gasteiger partial charge in [0.1, 0.15) is 16.8 Å². The second-order valence-corrected chi connectivity index (χ2v) is 6.58. The monoisotopic (exact) mass is 398 g/mol. The molecule has 3 rings (SSSR count). The number of amides is 1. The van der Waals surface area contributed by atoms with E-state index in [2.05, 4.69) is 10.3 Å². The topological polar surface area (TPSA) is 42.0 Å². The molecule has 1 heterocycles. The predicted octanol–water partition coefficient (Wildman–Crippen LogP) is 5.57. The average molecular weight is 399 g/mol. The molecule has 1 atom stereocenters. The Morgan fingerprint density at radius 3 is 2.46 bits per heavy atom. The zero-order valence-electron chi connectivity index (χ0n) is 15.0. The normalized spacial score (nSPS) is 12.1. The van der Waals surface area contributed by atoms with Crippen molar-refractivity contribution in [2.24, 2.45) is 0 Å². The standard InChI is InChI=1S/C22H17ClF2N2O/c1-14(27-22(28)11-9-18-19(24)6-3-7-20(18)25)15-4-2-5-16(12-15)17-8-10-21(23)26-13-17/h2-14H,1H3,(H,27,28)/b11-9+. The maximum Gasteiger partial charge on any atom is 0.244 e. The van der Waals surface area contributed by atoms with E-state index in [0.717, 1.165) is 41.0 Å². The molecule has 1 amide bonds. The molecule has 0 saturated heterocycles. The number of nitrogens with zero attached hydrogens (tertiary/aromatic N) is 1. The highest BCUT2D eigenvalue weighted by molar-refractivity contribution is 6.29. The molecule has 0 aliphatic carbocycles. The minimum absolute atomic E-state index is 0.248. The molecule has 142 valence electrons. The molecule has 0 fully saturated rings. The molecule has 3 aromatic rings. The highest BCUT2D eigenvalue weighted by atomic mass is 35.5. The summed E-state index contributed by atoms with van der Waals surface area (Å²) in [6, 6.07) is 14.5. The quantitative estimate of drug-likeness (QED) is 0.451. The van der Waals surface area contributed by atoms with E-state index in [4.69, 9.17) is 11.6 Å². The van der Waals surface area contributed by atoms with E-state index in [0.29, 0.717) is 5.15 Å². The van der Waals surface area contributed by atoms with Gasteiger partial charge >= 0.3 is 0 Å². The van der Waals surface area contributed by atoms with Crippen LogP contribution >= 0.6 is 11.6 Å². The largest absolute Gasteiger partial charge is 0.346 e. The lowest BCUT2D eigenvalue weighted by atomic mass is 10.0. The van der Waals surface area contributed by atoms with Crippen molar-refractivity contribution in [2.45, 2.75) is 13.0 Å². The number of nitrogens with one attached hydrogen (secondary N) is 1. The van der Waals surface area contributed by atoms with E-state index in [9.17, 15) is 13.6 Å². The molecule has 3 nitrogen and oxygen atoms in total. The Kier molecular flexibility index (Phi) is 6.16. The Bertz CT molecular complexity index is 999. The van der Waals surface area contributed by atoms with Crippen molar-refractivity contribution >= 4 is 23.6 Å². The third-order valence-electron chi connectivity index (χ3n) is 4.21. The summed E-state index contributed by atoms with van der Waals surface area (Å²) < 4.78 is 27.2. The SMILES string of the molecule is CC(NC(=O)/C=C/c1c(F)cccc1F)c1cccc(-c2ccc(Cl)nc2)c1. The van der Waals surface area contributed by atoms with E-state index in [-0.39, 0.29) is 11.6 Å². The molecule has 1 N–H and O–H groups in total. The number of pyridine rings is 1. The molecule has 0 saturated carbocycles. The third-order valence-corrected chi connectivity index (χ3v) is 4.43. The van der Waals surface area contributed by atoms with Crippen molar-refractivity contribution in [2.75, 3.05) is 0 Å². The van der Waals surface area contributed by atoms with Gasteiger partial charge < -0.3 is 5.32 Å². The second kappa shape index (κ2) is 8.76. The van der Waals surface area contributed by atoms with Crippen molar-refractivity contribution < 1.29 is 13.6 Å². The summed E-state index contributed by atoms with van der Waals surface area (Å²) in [5, 5.41) is 3.20. The lowest BCUT2D eigenvalue weighted by Crippen LogP contribution is -2.24. The van der Waals surface area contributed by atoms with Crippen molar-refractivity contribution in [1.82, 2.24) is 10.3 Å². The van der Waals surface area contributed by atoms with Gasteiger partial charge in [-0.1, -0.05) is 35.9 Å². The van der Waals surface area contributed by atoms with Gasteiger partial charge in [0.05, 0.1) is 6.04 Å². The molecule has 0 radical (unpaired) electrons. The molecule has 0 aliphatic heterocycles. The van der Waals surface area contributed by atoms with Gasteiger partial charge in [0, 0.05) is 23.4 Å². The molecule has 2 aromatic carbocycles. The first-order valence-electron chi connectivity index (χ1n) is 8.58. The Hall–Kier alpha value is -3.05. The van der Waals surface area contributed by atoms with Crippen LogP contribution in [-0.2, 0) is 4.79 Å². The van der Waals surface area contributed by atoms with Crippen molar-refractivity contribution in [3.05, 3.63) is 94.8 Å². The fraction of sp³-hybridized carbons (Fsp3) is 0.0909.